The monoisotopic (exact) mass is 245 g/mol. The lowest BCUT2D eigenvalue weighted by atomic mass is 9.98. The third-order valence-electron chi connectivity index (χ3n) is 1.36. The molecule has 0 radical (unpaired) electrons. The number of aromatic nitrogens is 1. The van der Waals surface area contributed by atoms with E-state index in [1.807, 2.05) is 48.5 Å². The highest BCUT2D eigenvalue weighted by molar-refractivity contribution is 7.13. The standard InChI is InChI=1S/C8H11NO2S.2C2H6/c1-8(2,3)7-9-4-5(12-7)6(10)11;2*1-2/h4H,1-3H3,(H,10,11);2*1-2H3. The van der Waals surface area contributed by atoms with Crippen molar-refractivity contribution in [1.29, 1.82) is 0 Å². The first-order chi connectivity index (χ1) is 7.41. The molecular formula is C12H23NO2S. The highest BCUT2D eigenvalue weighted by Crippen LogP contribution is 2.26. The molecule has 0 aliphatic carbocycles. The first-order valence-electron chi connectivity index (χ1n) is 5.61. The van der Waals surface area contributed by atoms with Gasteiger partial charge in [-0.3, -0.25) is 0 Å². The van der Waals surface area contributed by atoms with Gasteiger partial charge in [0.2, 0.25) is 0 Å². The Morgan fingerprint density at radius 2 is 1.69 bits per heavy atom. The summed E-state index contributed by atoms with van der Waals surface area (Å²) in [6, 6.07) is 0. The SMILES string of the molecule is CC.CC.CC(C)(C)c1ncc(C(=O)O)s1. The summed E-state index contributed by atoms with van der Waals surface area (Å²) in [5, 5.41) is 9.50. The van der Waals surface area contributed by atoms with Gasteiger partial charge in [-0.15, -0.1) is 11.3 Å². The molecule has 1 aromatic heterocycles. The summed E-state index contributed by atoms with van der Waals surface area (Å²) in [6.07, 6.45) is 1.41. The maximum Gasteiger partial charge on any atom is 0.347 e. The van der Waals surface area contributed by atoms with Crippen LogP contribution in [0.1, 0.15) is 63.1 Å². The minimum absolute atomic E-state index is 0.0572. The van der Waals surface area contributed by atoms with Gasteiger partial charge in [0.1, 0.15) is 4.88 Å². The summed E-state index contributed by atoms with van der Waals surface area (Å²) >= 11 is 1.24. The number of rotatable bonds is 1. The van der Waals surface area contributed by atoms with Crippen LogP contribution in [0.15, 0.2) is 6.20 Å². The lowest BCUT2D eigenvalue weighted by Crippen LogP contribution is -2.09. The molecule has 0 aromatic carbocycles. The second-order valence-corrected chi connectivity index (χ2v) is 4.62. The Morgan fingerprint density at radius 3 is 1.88 bits per heavy atom. The van der Waals surface area contributed by atoms with E-state index in [4.69, 9.17) is 5.11 Å². The van der Waals surface area contributed by atoms with Gasteiger partial charge < -0.3 is 5.11 Å². The van der Waals surface area contributed by atoms with Crippen LogP contribution in [0.25, 0.3) is 0 Å². The molecule has 0 aliphatic rings. The number of carboxylic acids is 1. The van der Waals surface area contributed by atoms with E-state index in [1.54, 1.807) is 0 Å². The number of hydrogen-bond donors (Lipinski definition) is 1. The molecule has 0 atom stereocenters. The van der Waals surface area contributed by atoms with Crippen molar-refractivity contribution in [3.63, 3.8) is 0 Å². The molecule has 1 aromatic rings. The fraction of sp³-hybridized carbons (Fsp3) is 0.667. The Balaban J connectivity index is 0. The molecule has 0 aliphatic heterocycles. The number of hydrogen-bond acceptors (Lipinski definition) is 3. The highest BCUT2D eigenvalue weighted by atomic mass is 32.1. The Bertz CT molecular complexity index is 300. The first-order valence-corrected chi connectivity index (χ1v) is 6.42. The van der Waals surface area contributed by atoms with Crippen molar-refractivity contribution in [2.45, 2.75) is 53.9 Å². The van der Waals surface area contributed by atoms with Crippen LogP contribution in [-0.2, 0) is 5.41 Å². The predicted molar refractivity (Wildman–Crippen MR) is 70.5 cm³/mol. The van der Waals surface area contributed by atoms with Crippen LogP contribution in [0.5, 0.6) is 0 Å². The van der Waals surface area contributed by atoms with Crippen molar-refractivity contribution in [2.75, 3.05) is 0 Å². The largest absolute Gasteiger partial charge is 0.477 e. The molecule has 0 spiro atoms. The predicted octanol–water partition coefficient (Wildman–Crippen LogP) is 4.19. The fourth-order valence-electron chi connectivity index (χ4n) is 0.720. The maximum absolute atomic E-state index is 10.5. The highest BCUT2D eigenvalue weighted by Gasteiger charge is 2.19. The van der Waals surface area contributed by atoms with Gasteiger partial charge in [-0.05, 0) is 0 Å². The van der Waals surface area contributed by atoms with Gasteiger partial charge in [0.25, 0.3) is 0 Å². The van der Waals surface area contributed by atoms with Gasteiger partial charge in [-0.25, -0.2) is 9.78 Å². The summed E-state index contributed by atoms with van der Waals surface area (Å²) in [7, 11) is 0. The molecule has 0 bridgehead atoms. The van der Waals surface area contributed by atoms with E-state index in [1.165, 1.54) is 17.5 Å². The lowest BCUT2D eigenvalue weighted by Gasteiger charge is -2.13. The Morgan fingerprint density at radius 1 is 1.25 bits per heavy atom. The molecular weight excluding hydrogens is 222 g/mol. The molecule has 4 heteroatoms. The Labute approximate surface area is 103 Å². The zero-order valence-electron chi connectivity index (χ0n) is 11.3. The van der Waals surface area contributed by atoms with Crippen LogP contribution in [0.4, 0.5) is 0 Å². The van der Waals surface area contributed by atoms with Crippen LogP contribution in [-0.4, -0.2) is 16.1 Å². The Kier molecular flexibility index (Phi) is 9.05. The zero-order chi connectivity index (χ0) is 13.4. The number of nitrogens with zero attached hydrogens (tertiary/aromatic N) is 1. The van der Waals surface area contributed by atoms with E-state index in [2.05, 4.69) is 4.98 Å². The Hall–Kier alpha value is -0.900. The first kappa shape index (κ1) is 17.5. The minimum atomic E-state index is -0.900. The second kappa shape index (κ2) is 8.28. The molecule has 16 heavy (non-hydrogen) atoms. The van der Waals surface area contributed by atoms with E-state index >= 15 is 0 Å². The summed E-state index contributed by atoms with van der Waals surface area (Å²) in [5.41, 5.74) is -0.0572. The normalized spacial score (nSPS) is 9.44. The van der Waals surface area contributed by atoms with Gasteiger partial charge in [0.05, 0.1) is 11.2 Å². The second-order valence-electron chi connectivity index (χ2n) is 3.58. The van der Waals surface area contributed by atoms with Crippen LogP contribution < -0.4 is 0 Å². The molecule has 0 saturated heterocycles. The van der Waals surface area contributed by atoms with Crippen LogP contribution in [0.2, 0.25) is 0 Å². The fourth-order valence-corrected chi connectivity index (χ4v) is 1.53. The summed E-state index contributed by atoms with van der Waals surface area (Å²) < 4.78 is 0. The van der Waals surface area contributed by atoms with Crippen LogP contribution in [0, 0.1) is 0 Å². The molecule has 0 fully saturated rings. The van der Waals surface area contributed by atoms with Crippen molar-refractivity contribution in [3.05, 3.63) is 16.1 Å². The van der Waals surface area contributed by atoms with Crippen molar-refractivity contribution >= 4 is 17.3 Å². The number of carbonyl (C=O) groups is 1. The third kappa shape index (κ3) is 5.85. The molecule has 94 valence electrons. The topological polar surface area (TPSA) is 50.2 Å². The molecule has 1 heterocycles. The van der Waals surface area contributed by atoms with Gasteiger partial charge in [-0.1, -0.05) is 48.5 Å². The molecule has 0 unspecified atom stereocenters. The van der Waals surface area contributed by atoms with Crippen molar-refractivity contribution < 1.29 is 9.90 Å². The molecule has 1 N–H and O–H groups in total. The third-order valence-corrected chi connectivity index (χ3v) is 2.77. The van der Waals surface area contributed by atoms with E-state index < -0.39 is 5.97 Å². The lowest BCUT2D eigenvalue weighted by molar-refractivity contribution is 0.0702. The molecule has 1 rings (SSSR count). The van der Waals surface area contributed by atoms with E-state index in [0.29, 0.717) is 4.88 Å². The number of carboxylic acid groups (broad SMARTS) is 1. The number of aromatic carboxylic acids is 1. The maximum atomic E-state index is 10.5. The minimum Gasteiger partial charge on any atom is -0.477 e. The van der Waals surface area contributed by atoms with E-state index in [0.717, 1.165) is 5.01 Å². The van der Waals surface area contributed by atoms with E-state index in [9.17, 15) is 4.79 Å². The summed E-state index contributed by atoms with van der Waals surface area (Å²) in [6.45, 7) is 14.0. The quantitative estimate of drug-likeness (QED) is 0.807. The van der Waals surface area contributed by atoms with Crippen LogP contribution >= 0.6 is 11.3 Å². The molecule has 0 saturated carbocycles. The van der Waals surface area contributed by atoms with E-state index in [-0.39, 0.29) is 5.41 Å². The smallest absolute Gasteiger partial charge is 0.347 e. The molecule has 0 amide bonds. The zero-order valence-corrected chi connectivity index (χ0v) is 12.1. The molecule has 3 nitrogen and oxygen atoms in total. The van der Waals surface area contributed by atoms with Gasteiger partial charge in [0, 0.05) is 5.41 Å². The van der Waals surface area contributed by atoms with Gasteiger partial charge >= 0.3 is 5.97 Å². The van der Waals surface area contributed by atoms with Crippen molar-refractivity contribution in [2.24, 2.45) is 0 Å². The van der Waals surface area contributed by atoms with Crippen LogP contribution in [0.3, 0.4) is 0 Å². The average molecular weight is 245 g/mol. The van der Waals surface area contributed by atoms with Gasteiger partial charge in [-0.2, -0.15) is 0 Å². The van der Waals surface area contributed by atoms with Gasteiger partial charge in [0.15, 0.2) is 0 Å². The number of thiazole rings is 1. The average Bonchev–Trinajstić information content (AvgIpc) is 2.72. The van der Waals surface area contributed by atoms with Crippen molar-refractivity contribution in [1.82, 2.24) is 4.98 Å². The summed E-state index contributed by atoms with van der Waals surface area (Å²) in [4.78, 5) is 14.9. The van der Waals surface area contributed by atoms with Crippen molar-refractivity contribution in [3.8, 4) is 0 Å². The summed E-state index contributed by atoms with van der Waals surface area (Å²) in [5.74, 6) is -0.900.